The van der Waals surface area contributed by atoms with E-state index >= 15 is 0 Å². The van der Waals surface area contributed by atoms with E-state index in [1.807, 2.05) is 4.98 Å². The average Bonchev–Trinajstić information content (AvgIpc) is 2.36. The lowest BCUT2D eigenvalue weighted by molar-refractivity contribution is 0.602. The first-order chi connectivity index (χ1) is 9.70. The predicted octanol–water partition coefficient (Wildman–Crippen LogP) is 1.30. The van der Waals surface area contributed by atoms with Crippen molar-refractivity contribution in [2.45, 2.75) is 11.4 Å². The highest BCUT2D eigenvalue weighted by Crippen LogP contribution is 2.20. The topological polar surface area (TPSA) is 89.0 Å². The van der Waals surface area contributed by atoms with Gasteiger partial charge in [0.2, 0.25) is 0 Å². The van der Waals surface area contributed by atoms with E-state index in [1.165, 1.54) is 12.1 Å². The summed E-state index contributed by atoms with van der Waals surface area (Å²) in [5, 5.41) is -0.203. The smallest absolute Gasteiger partial charge is 0.295 e. The third-order valence-corrected chi connectivity index (χ3v) is 4.35. The van der Waals surface area contributed by atoms with E-state index in [0.29, 0.717) is 0 Å². The molecule has 0 saturated heterocycles. The number of nitrogens with zero attached hydrogens (tertiary/aromatic N) is 1. The van der Waals surface area contributed by atoms with Crippen molar-refractivity contribution in [3.63, 3.8) is 0 Å². The molecule has 0 spiro atoms. The molecule has 1 aromatic heterocycles. The number of H-pyrrole nitrogens is 1. The highest BCUT2D eigenvalue weighted by molar-refractivity contribution is 8.13. The minimum atomic E-state index is -4.32. The fourth-order valence-electron chi connectivity index (χ4n) is 1.63. The van der Waals surface area contributed by atoms with Crippen molar-refractivity contribution in [1.82, 2.24) is 9.55 Å². The molecule has 0 saturated carbocycles. The number of halogens is 3. The standard InChI is InChI=1S/C11H7Cl2FN2O4S/c12-9-6(2-1-3-7(9)14)4-16-5-8(21(13,19)20)10(17)15-11(16)18/h1-3,5H,4H2,(H,15,17,18). The first-order valence-electron chi connectivity index (χ1n) is 5.41. The van der Waals surface area contributed by atoms with Crippen LogP contribution in [0.3, 0.4) is 0 Å². The monoisotopic (exact) mass is 352 g/mol. The van der Waals surface area contributed by atoms with Crippen molar-refractivity contribution in [2.75, 3.05) is 0 Å². The van der Waals surface area contributed by atoms with Gasteiger partial charge in [-0.1, -0.05) is 23.7 Å². The maximum atomic E-state index is 13.3. The van der Waals surface area contributed by atoms with Gasteiger partial charge in [-0.3, -0.25) is 14.3 Å². The molecule has 1 heterocycles. The lowest BCUT2D eigenvalue weighted by atomic mass is 10.2. The highest BCUT2D eigenvalue weighted by Gasteiger charge is 2.18. The molecular formula is C11H7Cl2FN2O4S. The molecule has 0 atom stereocenters. The normalized spacial score (nSPS) is 11.6. The van der Waals surface area contributed by atoms with E-state index in [4.69, 9.17) is 22.3 Å². The Hall–Kier alpha value is -1.64. The lowest BCUT2D eigenvalue weighted by Crippen LogP contribution is -2.32. The number of nitrogens with one attached hydrogen (secondary N) is 1. The second-order valence-electron chi connectivity index (χ2n) is 4.03. The van der Waals surface area contributed by atoms with Crippen molar-refractivity contribution in [2.24, 2.45) is 0 Å². The molecule has 2 rings (SSSR count). The number of benzene rings is 1. The molecule has 6 nitrogen and oxygen atoms in total. The lowest BCUT2D eigenvalue weighted by Gasteiger charge is -2.08. The molecule has 0 radical (unpaired) electrons. The molecule has 112 valence electrons. The van der Waals surface area contributed by atoms with Crippen molar-refractivity contribution in [1.29, 1.82) is 0 Å². The van der Waals surface area contributed by atoms with Crippen molar-refractivity contribution in [3.05, 3.63) is 61.6 Å². The van der Waals surface area contributed by atoms with Crippen LogP contribution in [0.2, 0.25) is 5.02 Å². The second-order valence-corrected chi connectivity index (χ2v) is 6.94. The van der Waals surface area contributed by atoms with E-state index in [0.717, 1.165) is 16.8 Å². The average molecular weight is 353 g/mol. The Morgan fingerprint density at radius 2 is 1.95 bits per heavy atom. The van der Waals surface area contributed by atoms with Crippen LogP contribution in [0.4, 0.5) is 4.39 Å². The number of aromatic nitrogens is 2. The molecule has 10 heteroatoms. The first kappa shape index (κ1) is 15.7. The summed E-state index contributed by atoms with van der Waals surface area (Å²) in [4.78, 5) is 24.1. The third-order valence-electron chi connectivity index (χ3n) is 2.61. The highest BCUT2D eigenvalue weighted by atomic mass is 35.7. The van der Waals surface area contributed by atoms with Crippen LogP contribution in [-0.2, 0) is 15.6 Å². The van der Waals surface area contributed by atoms with Gasteiger partial charge in [-0.05, 0) is 11.6 Å². The molecule has 1 N–H and O–H groups in total. The molecule has 0 bridgehead atoms. The SMILES string of the molecule is O=c1[nH]c(=O)n(Cc2cccc(F)c2Cl)cc1S(=O)(=O)Cl. The van der Waals surface area contributed by atoms with Crippen molar-refractivity contribution < 1.29 is 12.8 Å². The molecule has 1 aromatic carbocycles. The molecule has 21 heavy (non-hydrogen) atoms. The number of hydrogen-bond acceptors (Lipinski definition) is 4. The van der Waals surface area contributed by atoms with Crippen LogP contribution >= 0.6 is 22.3 Å². The van der Waals surface area contributed by atoms with Crippen molar-refractivity contribution in [3.8, 4) is 0 Å². The van der Waals surface area contributed by atoms with Gasteiger partial charge >= 0.3 is 5.69 Å². The molecule has 0 aliphatic carbocycles. The maximum Gasteiger partial charge on any atom is 0.328 e. The summed E-state index contributed by atoms with van der Waals surface area (Å²) in [5.41, 5.74) is -1.76. The Kier molecular flexibility index (Phi) is 4.22. The Labute approximate surface area is 127 Å². The summed E-state index contributed by atoms with van der Waals surface area (Å²) in [6, 6.07) is 3.97. The summed E-state index contributed by atoms with van der Waals surface area (Å²) in [6.07, 6.45) is 0.782. The molecule has 2 aromatic rings. The molecule has 0 aliphatic heterocycles. The van der Waals surface area contributed by atoms with Gasteiger partial charge in [0.15, 0.2) is 4.90 Å². The summed E-state index contributed by atoms with van der Waals surface area (Å²) >= 11 is 5.75. The molecular weight excluding hydrogens is 346 g/mol. The van der Waals surface area contributed by atoms with Gasteiger partial charge in [-0.15, -0.1) is 0 Å². The van der Waals surface area contributed by atoms with Crippen LogP contribution < -0.4 is 11.2 Å². The number of hydrogen-bond donors (Lipinski definition) is 1. The Bertz CT molecular complexity index is 921. The molecule has 0 aliphatic rings. The third kappa shape index (κ3) is 3.34. The van der Waals surface area contributed by atoms with Gasteiger partial charge in [0.1, 0.15) is 5.82 Å². The van der Waals surface area contributed by atoms with Gasteiger partial charge in [0.05, 0.1) is 11.6 Å². The van der Waals surface area contributed by atoms with E-state index in [2.05, 4.69) is 0 Å². The van der Waals surface area contributed by atoms with Crippen LogP contribution in [-0.4, -0.2) is 18.0 Å². The summed E-state index contributed by atoms with van der Waals surface area (Å²) < 4.78 is 36.6. The van der Waals surface area contributed by atoms with Crippen LogP contribution in [0.5, 0.6) is 0 Å². The molecule has 0 fully saturated rings. The van der Waals surface area contributed by atoms with Gasteiger partial charge < -0.3 is 0 Å². The first-order valence-corrected chi connectivity index (χ1v) is 8.10. The summed E-state index contributed by atoms with van der Waals surface area (Å²) in [6.45, 7) is -0.231. The molecule has 0 amide bonds. The Morgan fingerprint density at radius 3 is 2.57 bits per heavy atom. The fourth-order valence-corrected chi connectivity index (χ4v) is 2.68. The van der Waals surface area contributed by atoms with E-state index in [-0.39, 0.29) is 17.1 Å². The zero-order valence-corrected chi connectivity index (χ0v) is 12.5. The number of rotatable bonds is 3. The number of aromatic amines is 1. The summed E-state index contributed by atoms with van der Waals surface area (Å²) in [5.74, 6) is -0.683. The van der Waals surface area contributed by atoms with E-state index in [1.54, 1.807) is 0 Å². The predicted molar refractivity (Wildman–Crippen MR) is 74.9 cm³/mol. The van der Waals surface area contributed by atoms with Gasteiger partial charge in [0, 0.05) is 16.9 Å². The summed E-state index contributed by atoms with van der Waals surface area (Å²) in [7, 11) is 0.777. The van der Waals surface area contributed by atoms with Crippen LogP contribution in [0, 0.1) is 5.82 Å². The second kappa shape index (κ2) is 5.63. The quantitative estimate of drug-likeness (QED) is 0.843. The zero-order valence-electron chi connectivity index (χ0n) is 10.1. The van der Waals surface area contributed by atoms with Crippen molar-refractivity contribution >= 4 is 31.3 Å². The minimum absolute atomic E-state index is 0.203. The minimum Gasteiger partial charge on any atom is -0.295 e. The van der Waals surface area contributed by atoms with E-state index < -0.39 is 31.0 Å². The van der Waals surface area contributed by atoms with Gasteiger partial charge in [-0.25, -0.2) is 17.6 Å². The van der Waals surface area contributed by atoms with Crippen LogP contribution in [0.1, 0.15) is 5.56 Å². The van der Waals surface area contributed by atoms with E-state index in [9.17, 15) is 22.4 Å². The van der Waals surface area contributed by atoms with Gasteiger partial charge in [0.25, 0.3) is 14.6 Å². The molecule has 0 unspecified atom stereocenters. The maximum absolute atomic E-state index is 13.3. The van der Waals surface area contributed by atoms with Gasteiger partial charge in [-0.2, -0.15) is 0 Å². The van der Waals surface area contributed by atoms with Crippen LogP contribution in [0.15, 0.2) is 38.9 Å². The Morgan fingerprint density at radius 1 is 1.29 bits per heavy atom. The van der Waals surface area contributed by atoms with Crippen LogP contribution in [0.25, 0.3) is 0 Å². The zero-order chi connectivity index (χ0) is 15.8. The Balaban J connectivity index is 2.58. The largest absolute Gasteiger partial charge is 0.328 e. The fraction of sp³-hybridized carbons (Fsp3) is 0.0909.